The van der Waals surface area contributed by atoms with Crippen molar-refractivity contribution >= 4 is 0 Å². The quantitative estimate of drug-likeness (QED) is 0.690. The minimum absolute atomic E-state index is 0.274. The molecule has 2 nitrogen and oxygen atoms in total. The molecular weight excluding hydrogens is 172 g/mol. The molecule has 82 valence electrons. The van der Waals surface area contributed by atoms with Gasteiger partial charge < -0.3 is 5.32 Å². The summed E-state index contributed by atoms with van der Waals surface area (Å²) in [5.41, 5.74) is 0.274. The largest absolute Gasteiger partial charge is 0.308 e. The molecule has 1 unspecified atom stereocenters. The van der Waals surface area contributed by atoms with E-state index in [-0.39, 0.29) is 5.54 Å². The van der Waals surface area contributed by atoms with Gasteiger partial charge in [-0.15, -0.1) is 0 Å². The van der Waals surface area contributed by atoms with Gasteiger partial charge in [0.15, 0.2) is 0 Å². The van der Waals surface area contributed by atoms with E-state index in [1.165, 1.54) is 38.8 Å². The molecule has 1 N–H and O–H groups in total. The molecule has 0 aliphatic carbocycles. The van der Waals surface area contributed by atoms with Crippen LogP contribution in [0.4, 0.5) is 0 Å². The van der Waals surface area contributed by atoms with Crippen LogP contribution >= 0.6 is 0 Å². The van der Waals surface area contributed by atoms with Crippen LogP contribution in [0.2, 0.25) is 0 Å². The van der Waals surface area contributed by atoms with Crippen LogP contribution in [-0.4, -0.2) is 35.6 Å². The molecule has 0 aromatic carbocycles. The van der Waals surface area contributed by atoms with E-state index in [4.69, 9.17) is 0 Å². The second kappa shape index (κ2) is 3.82. The maximum atomic E-state index is 3.79. The van der Waals surface area contributed by atoms with Crippen molar-refractivity contribution in [2.75, 3.05) is 13.1 Å². The third kappa shape index (κ3) is 2.29. The lowest BCUT2D eigenvalue weighted by Gasteiger charge is -2.40. The molecule has 0 aromatic rings. The molecule has 2 aliphatic heterocycles. The lowest BCUT2D eigenvalue weighted by molar-refractivity contribution is 0.136. The highest BCUT2D eigenvalue weighted by molar-refractivity contribution is 4.95. The average Bonchev–Trinajstić information content (AvgIpc) is 2.49. The van der Waals surface area contributed by atoms with Crippen molar-refractivity contribution in [1.29, 1.82) is 0 Å². The maximum absolute atomic E-state index is 3.79. The van der Waals surface area contributed by atoms with Crippen LogP contribution in [0.3, 0.4) is 0 Å². The van der Waals surface area contributed by atoms with E-state index >= 15 is 0 Å². The Labute approximate surface area is 88.1 Å². The number of nitrogens with one attached hydrogen (secondary N) is 1. The molecule has 0 saturated carbocycles. The normalized spacial score (nSPS) is 34.5. The SMILES string of the molecule is CC(C)(C)NC1CCCN2CCC[C@H]12. The number of piperidine rings is 1. The first kappa shape index (κ1) is 10.4. The van der Waals surface area contributed by atoms with Gasteiger partial charge in [-0.05, 0) is 59.5 Å². The molecule has 2 fully saturated rings. The Morgan fingerprint density at radius 1 is 1.07 bits per heavy atom. The summed E-state index contributed by atoms with van der Waals surface area (Å²) in [5.74, 6) is 0. The minimum Gasteiger partial charge on any atom is -0.308 e. The average molecular weight is 196 g/mol. The molecule has 14 heavy (non-hydrogen) atoms. The summed E-state index contributed by atoms with van der Waals surface area (Å²) >= 11 is 0. The predicted octanol–water partition coefficient (Wildman–Crippen LogP) is 2.00. The van der Waals surface area contributed by atoms with Crippen LogP contribution in [-0.2, 0) is 0 Å². The van der Waals surface area contributed by atoms with E-state index in [2.05, 4.69) is 31.0 Å². The fraction of sp³-hybridized carbons (Fsp3) is 1.00. The number of hydrogen-bond acceptors (Lipinski definition) is 2. The Kier molecular flexibility index (Phi) is 2.85. The standard InChI is InChI=1S/C12H24N2/c1-12(2,3)13-10-6-4-8-14-9-5-7-11(10)14/h10-11,13H,4-9H2,1-3H3/t10?,11-/m1/s1. The fourth-order valence-corrected chi connectivity index (χ4v) is 3.02. The van der Waals surface area contributed by atoms with Gasteiger partial charge in [0.2, 0.25) is 0 Å². The number of fused-ring (bicyclic) bond motifs is 1. The highest BCUT2D eigenvalue weighted by atomic mass is 15.2. The minimum atomic E-state index is 0.274. The van der Waals surface area contributed by atoms with E-state index in [9.17, 15) is 0 Å². The number of nitrogens with zero attached hydrogens (tertiary/aromatic N) is 1. The van der Waals surface area contributed by atoms with Crippen LogP contribution < -0.4 is 5.32 Å². The third-order valence-electron chi connectivity index (χ3n) is 3.46. The predicted molar refractivity (Wildman–Crippen MR) is 60.5 cm³/mol. The Hall–Kier alpha value is -0.0800. The van der Waals surface area contributed by atoms with Gasteiger partial charge in [-0.3, -0.25) is 4.90 Å². The molecule has 2 heteroatoms. The van der Waals surface area contributed by atoms with Crippen molar-refractivity contribution in [2.24, 2.45) is 0 Å². The van der Waals surface area contributed by atoms with Gasteiger partial charge in [0, 0.05) is 17.6 Å². The van der Waals surface area contributed by atoms with Gasteiger partial charge in [0.05, 0.1) is 0 Å². The van der Waals surface area contributed by atoms with Crippen LogP contribution in [0.5, 0.6) is 0 Å². The highest BCUT2D eigenvalue weighted by Gasteiger charge is 2.35. The third-order valence-corrected chi connectivity index (χ3v) is 3.46. The van der Waals surface area contributed by atoms with Crippen molar-refractivity contribution in [2.45, 2.75) is 64.1 Å². The molecule has 2 aliphatic rings. The monoisotopic (exact) mass is 196 g/mol. The molecule has 0 radical (unpaired) electrons. The summed E-state index contributed by atoms with van der Waals surface area (Å²) < 4.78 is 0. The van der Waals surface area contributed by atoms with E-state index in [1.807, 2.05) is 0 Å². The van der Waals surface area contributed by atoms with Crippen LogP contribution in [0, 0.1) is 0 Å². The zero-order chi connectivity index (χ0) is 10.2. The molecule has 2 heterocycles. The van der Waals surface area contributed by atoms with Crippen molar-refractivity contribution in [1.82, 2.24) is 10.2 Å². The first-order chi connectivity index (χ1) is 6.56. The first-order valence-corrected chi connectivity index (χ1v) is 6.08. The summed E-state index contributed by atoms with van der Waals surface area (Å²) in [6.07, 6.45) is 5.57. The highest BCUT2D eigenvalue weighted by Crippen LogP contribution is 2.28. The second-order valence-electron chi connectivity index (χ2n) is 5.89. The lowest BCUT2D eigenvalue weighted by Crippen LogP contribution is -2.55. The van der Waals surface area contributed by atoms with Crippen LogP contribution in [0.1, 0.15) is 46.5 Å². The van der Waals surface area contributed by atoms with Gasteiger partial charge in [-0.25, -0.2) is 0 Å². The smallest absolute Gasteiger partial charge is 0.0250 e. The summed E-state index contributed by atoms with van der Waals surface area (Å²) in [4.78, 5) is 2.69. The first-order valence-electron chi connectivity index (χ1n) is 6.08. The molecule has 0 bridgehead atoms. The Morgan fingerprint density at radius 2 is 1.71 bits per heavy atom. The summed E-state index contributed by atoms with van der Waals surface area (Å²) in [6.45, 7) is 9.52. The van der Waals surface area contributed by atoms with Crippen molar-refractivity contribution < 1.29 is 0 Å². The Bertz CT molecular complexity index is 195. The van der Waals surface area contributed by atoms with Crippen molar-refractivity contribution in [3.05, 3.63) is 0 Å². The lowest BCUT2D eigenvalue weighted by atomic mass is 9.93. The molecule has 0 amide bonds. The maximum Gasteiger partial charge on any atom is 0.0250 e. The van der Waals surface area contributed by atoms with Gasteiger partial charge in [-0.1, -0.05) is 0 Å². The Morgan fingerprint density at radius 3 is 2.36 bits per heavy atom. The van der Waals surface area contributed by atoms with E-state index in [0.717, 1.165) is 12.1 Å². The molecular formula is C12H24N2. The zero-order valence-electron chi connectivity index (χ0n) is 9.84. The van der Waals surface area contributed by atoms with Crippen molar-refractivity contribution in [3.8, 4) is 0 Å². The van der Waals surface area contributed by atoms with Crippen LogP contribution in [0.25, 0.3) is 0 Å². The number of rotatable bonds is 1. The van der Waals surface area contributed by atoms with E-state index in [1.54, 1.807) is 0 Å². The number of hydrogen-bond donors (Lipinski definition) is 1. The van der Waals surface area contributed by atoms with Gasteiger partial charge in [0.25, 0.3) is 0 Å². The summed E-state index contributed by atoms with van der Waals surface area (Å²) in [7, 11) is 0. The van der Waals surface area contributed by atoms with Gasteiger partial charge in [0.1, 0.15) is 0 Å². The topological polar surface area (TPSA) is 15.3 Å². The van der Waals surface area contributed by atoms with E-state index in [0.29, 0.717) is 0 Å². The van der Waals surface area contributed by atoms with E-state index < -0.39 is 0 Å². The second-order valence-corrected chi connectivity index (χ2v) is 5.89. The fourth-order valence-electron chi connectivity index (χ4n) is 3.02. The molecule has 2 saturated heterocycles. The zero-order valence-corrected chi connectivity index (χ0v) is 9.84. The Balaban J connectivity index is 1.97. The summed E-state index contributed by atoms with van der Waals surface area (Å²) in [6, 6.07) is 1.58. The molecule has 2 rings (SSSR count). The van der Waals surface area contributed by atoms with Gasteiger partial charge in [-0.2, -0.15) is 0 Å². The molecule has 0 aromatic heterocycles. The van der Waals surface area contributed by atoms with Crippen LogP contribution in [0.15, 0.2) is 0 Å². The van der Waals surface area contributed by atoms with Gasteiger partial charge >= 0.3 is 0 Å². The molecule has 2 atom stereocenters. The summed E-state index contributed by atoms with van der Waals surface area (Å²) in [5, 5.41) is 3.79. The van der Waals surface area contributed by atoms with Crippen molar-refractivity contribution in [3.63, 3.8) is 0 Å². The molecule has 0 spiro atoms.